The van der Waals surface area contributed by atoms with E-state index in [1.54, 1.807) is 16.8 Å². The highest BCUT2D eigenvalue weighted by Gasteiger charge is 2.26. The van der Waals surface area contributed by atoms with Crippen LogP contribution in [0, 0.1) is 5.92 Å². The first-order chi connectivity index (χ1) is 13.5. The minimum absolute atomic E-state index is 0.0149. The molecule has 6 nitrogen and oxygen atoms in total. The quantitative estimate of drug-likeness (QED) is 0.760. The predicted octanol–water partition coefficient (Wildman–Crippen LogP) is 2.77. The molecule has 144 valence electrons. The van der Waals surface area contributed by atoms with Crippen LogP contribution >= 0.6 is 0 Å². The lowest BCUT2D eigenvalue weighted by atomic mass is 9.89. The van der Waals surface area contributed by atoms with E-state index in [1.807, 2.05) is 48.3 Å². The highest BCUT2D eigenvalue weighted by atomic mass is 16.2. The molecule has 0 radical (unpaired) electrons. The van der Waals surface area contributed by atoms with Gasteiger partial charge in [0.1, 0.15) is 0 Å². The van der Waals surface area contributed by atoms with Gasteiger partial charge >= 0.3 is 0 Å². The van der Waals surface area contributed by atoms with Crippen LogP contribution in [0.5, 0.6) is 0 Å². The van der Waals surface area contributed by atoms with Gasteiger partial charge < -0.3 is 10.6 Å². The van der Waals surface area contributed by atoms with Crippen LogP contribution in [0.2, 0.25) is 0 Å². The molecule has 2 N–H and O–H groups in total. The standard InChI is InChI=1S/C22H24N4O2/c1-25-19-5-3-2-4-18(19)20(24-25)22(28)26-12-10-16(11-13-26)14-15-6-8-17(9-7-15)21(23)27/h2-9,16H,10-14H2,1H3,(H2,23,27). The van der Waals surface area contributed by atoms with Crippen molar-refractivity contribution in [3.05, 3.63) is 65.4 Å². The second-order valence-electron chi connectivity index (χ2n) is 7.49. The number of primary amides is 1. The zero-order chi connectivity index (χ0) is 19.7. The lowest BCUT2D eigenvalue weighted by Crippen LogP contribution is -2.39. The summed E-state index contributed by atoms with van der Waals surface area (Å²) in [6, 6.07) is 15.3. The molecule has 2 aromatic carbocycles. The molecule has 0 atom stereocenters. The summed E-state index contributed by atoms with van der Waals surface area (Å²) in [5.74, 6) is 0.144. The molecule has 0 saturated carbocycles. The number of nitrogens with zero attached hydrogens (tertiary/aromatic N) is 3. The smallest absolute Gasteiger partial charge is 0.275 e. The zero-order valence-corrected chi connectivity index (χ0v) is 16.0. The number of aromatic nitrogens is 2. The van der Waals surface area contributed by atoms with Crippen LogP contribution in [0.25, 0.3) is 10.9 Å². The van der Waals surface area contributed by atoms with Crippen molar-refractivity contribution >= 4 is 22.7 Å². The molecule has 2 heterocycles. The summed E-state index contributed by atoms with van der Waals surface area (Å²) in [6.45, 7) is 1.49. The second kappa shape index (κ2) is 7.46. The predicted molar refractivity (Wildman–Crippen MR) is 108 cm³/mol. The van der Waals surface area contributed by atoms with E-state index in [0.717, 1.165) is 43.3 Å². The third-order valence-electron chi connectivity index (χ3n) is 5.62. The van der Waals surface area contributed by atoms with Crippen LogP contribution < -0.4 is 5.73 Å². The van der Waals surface area contributed by atoms with Crippen molar-refractivity contribution in [2.24, 2.45) is 18.7 Å². The topological polar surface area (TPSA) is 81.2 Å². The van der Waals surface area contributed by atoms with Crippen molar-refractivity contribution in [1.29, 1.82) is 0 Å². The first-order valence-corrected chi connectivity index (χ1v) is 9.62. The van der Waals surface area contributed by atoms with Crippen molar-refractivity contribution in [1.82, 2.24) is 14.7 Å². The Bertz CT molecular complexity index is 1010. The van der Waals surface area contributed by atoms with Crippen LogP contribution in [0.4, 0.5) is 0 Å². The molecule has 0 aliphatic carbocycles. The van der Waals surface area contributed by atoms with E-state index in [9.17, 15) is 9.59 Å². The van der Waals surface area contributed by atoms with E-state index in [4.69, 9.17) is 5.73 Å². The summed E-state index contributed by atoms with van der Waals surface area (Å²) in [4.78, 5) is 26.1. The average Bonchev–Trinajstić information content (AvgIpc) is 3.05. The van der Waals surface area contributed by atoms with E-state index in [-0.39, 0.29) is 5.91 Å². The molecule has 2 amide bonds. The minimum atomic E-state index is -0.402. The minimum Gasteiger partial charge on any atom is -0.366 e. The fourth-order valence-electron chi connectivity index (χ4n) is 4.00. The van der Waals surface area contributed by atoms with E-state index >= 15 is 0 Å². The van der Waals surface area contributed by atoms with Gasteiger partial charge in [-0.2, -0.15) is 5.10 Å². The number of amides is 2. The molecule has 0 unspecified atom stereocenters. The van der Waals surface area contributed by atoms with Crippen LogP contribution in [-0.2, 0) is 13.5 Å². The molecule has 4 rings (SSSR count). The van der Waals surface area contributed by atoms with Crippen LogP contribution in [0.1, 0.15) is 39.3 Å². The van der Waals surface area contributed by atoms with Crippen LogP contribution in [0.15, 0.2) is 48.5 Å². The molecule has 1 fully saturated rings. The maximum atomic E-state index is 13.0. The molecule has 1 aromatic heterocycles. The third kappa shape index (κ3) is 3.50. The molecule has 6 heteroatoms. The number of piperidine rings is 1. The molecule has 1 saturated heterocycles. The number of para-hydroxylation sites is 1. The molecular weight excluding hydrogens is 352 g/mol. The van der Waals surface area contributed by atoms with Gasteiger partial charge in [-0.3, -0.25) is 14.3 Å². The van der Waals surface area contributed by atoms with E-state index in [2.05, 4.69) is 5.10 Å². The number of aryl methyl sites for hydroxylation is 1. The maximum Gasteiger partial charge on any atom is 0.275 e. The number of carbonyl (C=O) groups excluding carboxylic acids is 2. The van der Waals surface area contributed by atoms with Gasteiger partial charge in [0.05, 0.1) is 5.52 Å². The SMILES string of the molecule is Cn1nc(C(=O)N2CCC(Cc3ccc(C(N)=O)cc3)CC2)c2ccccc21. The highest BCUT2D eigenvalue weighted by molar-refractivity contribution is 6.04. The number of hydrogen-bond donors (Lipinski definition) is 1. The number of fused-ring (bicyclic) bond motifs is 1. The van der Waals surface area contributed by atoms with Crippen molar-refractivity contribution < 1.29 is 9.59 Å². The molecule has 0 spiro atoms. The van der Waals surface area contributed by atoms with E-state index in [0.29, 0.717) is 17.2 Å². The van der Waals surface area contributed by atoms with Crippen molar-refractivity contribution in [3.8, 4) is 0 Å². The molecule has 1 aliphatic heterocycles. The number of nitrogens with two attached hydrogens (primary N) is 1. The van der Waals surface area contributed by atoms with Crippen molar-refractivity contribution in [3.63, 3.8) is 0 Å². The second-order valence-corrected chi connectivity index (χ2v) is 7.49. The van der Waals surface area contributed by atoms with Crippen LogP contribution in [-0.4, -0.2) is 39.6 Å². The first kappa shape index (κ1) is 18.2. The third-order valence-corrected chi connectivity index (χ3v) is 5.62. The average molecular weight is 376 g/mol. The Morgan fingerprint density at radius 3 is 2.43 bits per heavy atom. The number of hydrogen-bond acceptors (Lipinski definition) is 3. The summed E-state index contributed by atoms with van der Waals surface area (Å²) < 4.78 is 1.77. The number of benzene rings is 2. The summed E-state index contributed by atoms with van der Waals surface area (Å²) in [7, 11) is 1.87. The normalized spacial score (nSPS) is 15.1. The Morgan fingerprint density at radius 2 is 1.75 bits per heavy atom. The van der Waals surface area contributed by atoms with Gasteiger partial charge in [-0.1, -0.05) is 30.3 Å². The maximum absolute atomic E-state index is 13.0. The fourth-order valence-corrected chi connectivity index (χ4v) is 4.00. The Morgan fingerprint density at radius 1 is 1.07 bits per heavy atom. The van der Waals surface area contributed by atoms with E-state index in [1.165, 1.54) is 5.56 Å². The number of likely N-dealkylation sites (tertiary alicyclic amines) is 1. The molecular formula is C22H24N4O2. The molecule has 1 aliphatic rings. The summed E-state index contributed by atoms with van der Waals surface area (Å²) in [5, 5.41) is 5.37. The lowest BCUT2D eigenvalue weighted by Gasteiger charge is -2.31. The Kier molecular flexibility index (Phi) is 4.86. The van der Waals surface area contributed by atoms with Crippen molar-refractivity contribution in [2.75, 3.05) is 13.1 Å². The Hall–Kier alpha value is -3.15. The number of rotatable bonds is 4. The van der Waals surface area contributed by atoms with Gasteiger partial charge in [-0.05, 0) is 48.9 Å². The summed E-state index contributed by atoms with van der Waals surface area (Å²) in [6.07, 6.45) is 2.88. The van der Waals surface area contributed by atoms with Gasteiger partial charge in [-0.25, -0.2) is 0 Å². The monoisotopic (exact) mass is 376 g/mol. The summed E-state index contributed by atoms with van der Waals surface area (Å²) >= 11 is 0. The van der Waals surface area contributed by atoms with Crippen LogP contribution in [0.3, 0.4) is 0 Å². The molecule has 0 bridgehead atoms. The Labute approximate surface area is 163 Å². The molecule has 3 aromatic rings. The van der Waals surface area contributed by atoms with Gasteiger partial charge in [0.2, 0.25) is 5.91 Å². The highest BCUT2D eigenvalue weighted by Crippen LogP contribution is 2.25. The zero-order valence-electron chi connectivity index (χ0n) is 16.0. The van der Waals surface area contributed by atoms with Gasteiger partial charge in [0.15, 0.2) is 5.69 Å². The summed E-state index contributed by atoms with van der Waals surface area (Å²) in [5.41, 5.74) is 8.54. The van der Waals surface area contributed by atoms with Gasteiger partial charge in [-0.15, -0.1) is 0 Å². The first-order valence-electron chi connectivity index (χ1n) is 9.62. The van der Waals surface area contributed by atoms with Gasteiger partial charge in [0, 0.05) is 31.1 Å². The number of carbonyl (C=O) groups is 2. The Balaban J connectivity index is 1.39. The lowest BCUT2D eigenvalue weighted by molar-refractivity contribution is 0.0685. The molecule has 28 heavy (non-hydrogen) atoms. The van der Waals surface area contributed by atoms with Crippen molar-refractivity contribution in [2.45, 2.75) is 19.3 Å². The van der Waals surface area contributed by atoms with Gasteiger partial charge in [0.25, 0.3) is 5.91 Å². The van der Waals surface area contributed by atoms with E-state index < -0.39 is 5.91 Å². The fraction of sp³-hybridized carbons (Fsp3) is 0.318. The largest absolute Gasteiger partial charge is 0.366 e.